The van der Waals surface area contributed by atoms with Gasteiger partial charge in [-0.25, -0.2) is 0 Å². The van der Waals surface area contributed by atoms with Crippen molar-refractivity contribution in [2.45, 2.75) is 27.4 Å². The monoisotopic (exact) mass is 223 g/mol. The molecule has 2 N–H and O–H groups in total. The van der Waals surface area contributed by atoms with Gasteiger partial charge in [0, 0.05) is 16.1 Å². The van der Waals surface area contributed by atoms with Crippen LogP contribution in [0.1, 0.15) is 21.7 Å². The van der Waals surface area contributed by atoms with E-state index in [1.807, 2.05) is 20.8 Å². The second-order valence-corrected chi connectivity index (χ2v) is 4.93. The van der Waals surface area contributed by atoms with Gasteiger partial charge >= 0.3 is 0 Å². The highest BCUT2D eigenvalue weighted by Crippen LogP contribution is 2.26. The molecule has 0 aliphatic heterocycles. The molecule has 0 saturated heterocycles. The predicted molar refractivity (Wildman–Crippen MR) is 62.6 cm³/mol. The van der Waals surface area contributed by atoms with Crippen molar-refractivity contribution in [2.75, 3.05) is 0 Å². The summed E-state index contributed by atoms with van der Waals surface area (Å²) in [5.74, 6) is 0. The first-order valence-electron chi connectivity index (χ1n) is 4.78. The standard InChI is InChI=1S/C11H13NO2S/c1-5-7(3)15-11-9(5)10(14)8(4-13)6(2)12-11/h13H,4H2,1-3H3,(H,12,14). The van der Waals surface area contributed by atoms with Crippen molar-refractivity contribution < 1.29 is 5.11 Å². The van der Waals surface area contributed by atoms with Gasteiger partial charge in [0.25, 0.3) is 0 Å². The van der Waals surface area contributed by atoms with Crippen molar-refractivity contribution in [3.63, 3.8) is 0 Å². The Morgan fingerprint density at radius 2 is 2.00 bits per heavy atom. The first-order valence-corrected chi connectivity index (χ1v) is 5.60. The van der Waals surface area contributed by atoms with Crippen LogP contribution in [0.15, 0.2) is 4.79 Å². The van der Waals surface area contributed by atoms with Crippen LogP contribution in [0.5, 0.6) is 0 Å². The summed E-state index contributed by atoms with van der Waals surface area (Å²) in [6.07, 6.45) is 0. The van der Waals surface area contributed by atoms with E-state index < -0.39 is 0 Å². The molecule has 0 saturated carbocycles. The van der Waals surface area contributed by atoms with Crippen LogP contribution in [0, 0.1) is 20.8 Å². The number of thiophene rings is 1. The molecule has 0 unspecified atom stereocenters. The zero-order valence-electron chi connectivity index (χ0n) is 8.97. The third kappa shape index (κ3) is 1.41. The Hall–Kier alpha value is -1.13. The number of H-pyrrole nitrogens is 1. The molecule has 2 heterocycles. The minimum Gasteiger partial charge on any atom is -0.391 e. The zero-order chi connectivity index (χ0) is 11.2. The molecule has 3 nitrogen and oxygen atoms in total. The summed E-state index contributed by atoms with van der Waals surface area (Å²) in [6.45, 7) is 5.56. The number of pyridine rings is 1. The van der Waals surface area contributed by atoms with Crippen molar-refractivity contribution in [3.05, 3.63) is 31.9 Å². The van der Waals surface area contributed by atoms with E-state index in [1.165, 1.54) is 0 Å². The van der Waals surface area contributed by atoms with E-state index in [0.29, 0.717) is 5.56 Å². The molecular formula is C11H13NO2S. The number of hydrogen-bond donors (Lipinski definition) is 2. The summed E-state index contributed by atoms with van der Waals surface area (Å²) >= 11 is 1.59. The zero-order valence-corrected chi connectivity index (χ0v) is 9.79. The van der Waals surface area contributed by atoms with Crippen LogP contribution in [0.25, 0.3) is 10.2 Å². The molecule has 0 amide bonds. The van der Waals surface area contributed by atoms with Gasteiger partial charge in [-0.3, -0.25) is 4.79 Å². The quantitative estimate of drug-likeness (QED) is 0.777. The van der Waals surface area contributed by atoms with E-state index in [0.717, 1.165) is 26.4 Å². The number of nitrogens with one attached hydrogen (secondary N) is 1. The Balaban J connectivity index is 2.99. The summed E-state index contributed by atoms with van der Waals surface area (Å²) in [5, 5.41) is 9.87. The first-order chi connectivity index (χ1) is 7.06. The minimum absolute atomic E-state index is 0.0365. The topological polar surface area (TPSA) is 53.1 Å². The van der Waals surface area contributed by atoms with Crippen molar-refractivity contribution in [1.29, 1.82) is 0 Å². The fourth-order valence-corrected chi connectivity index (χ4v) is 2.86. The van der Waals surface area contributed by atoms with Crippen molar-refractivity contribution in [1.82, 2.24) is 4.98 Å². The maximum absolute atomic E-state index is 12.0. The molecule has 2 aromatic rings. The molecule has 4 heteroatoms. The van der Waals surface area contributed by atoms with Gasteiger partial charge < -0.3 is 10.1 Å². The fourth-order valence-electron chi connectivity index (χ4n) is 1.75. The van der Waals surface area contributed by atoms with E-state index in [-0.39, 0.29) is 12.0 Å². The molecule has 0 spiro atoms. The SMILES string of the molecule is Cc1[nH]c2sc(C)c(C)c2c(=O)c1CO. The van der Waals surface area contributed by atoms with E-state index in [4.69, 9.17) is 5.11 Å². The molecule has 0 bridgehead atoms. The van der Waals surface area contributed by atoms with Gasteiger partial charge in [-0.2, -0.15) is 0 Å². The highest BCUT2D eigenvalue weighted by Gasteiger charge is 2.13. The van der Waals surface area contributed by atoms with E-state index >= 15 is 0 Å². The van der Waals surface area contributed by atoms with Gasteiger partial charge in [-0.1, -0.05) is 0 Å². The molecule has 0 aliphatic rings. The number of aliphatic hydroxyl groups is 1. The number of aromatic amines is 1. The molecule has 2 rings (SSSR count). The maximum Gasteiger partial charge on any atom is 0.196 e. The lowest BCUT2D eigenvalue weighted by Crippen LogP contribution is -2.12. The van der Waals surface area contributed by atoms with E-state index in [1.54, 1.807) is 11.3 Å². The molecule has 0 aromatic carbocycles. The Morgan fingerprint density at radius 1 is 1.33 bits per heavy atom. The summed E-state index contributed by atoms with van der Waals surface area (Å²) in [6, 6.07) is 0. The lowest BCUT2D eigenvalue weighted by atomic mass is 10.1. The molecular weight excluding hydrogens is 210 g/mol. The first kappa shape index (κ1) is 10.4. The van der Waals surface area contributed by atoms with Gasteiger partial charge in [-0.05, 0) is 26.3 Å². The van der Waals surface area contributed by atoms with Crippen LogP contribution in [0.2, 0.25) is 0 Å². The minimum atomic E-state index is -0.203. The highest BCUT2D eigenvalue weighted by atomic mass is 32.1. The van der Waals surface area contributed by atoms with Gasteiger partial charge in [0.2, 0.25) is 0 Å². The second-order valence-electron chi connectivity index (χ2n) is 3.70. The Bertz CT molecular complexity index is 580. The Morgan fingerprint density at radius 3 is 2.60 bits per heavy atom. The Labute approximate surface area is 91.4 Å². The van der Waals surface area contributed by atoms with Crippen molar-refractivity contribution in [2.24, 2.45) is 0 Å². The number of aromatic nitrogens is 1. The van der Waals surface area contributed by atoms with E-state index in [2.05, 4.69) is 4.98 Å². The van der Waals surface area contributed by atoms with Crippen molar-refractivity contribution in [3.8, 4) is 0 Å². The highest BCUT2D eigenvalue weighted by molar-refractivity contribution is 7.18. The van der Waals surface area contributed by atoms with Gasteiger partial charge in [0.1, 0.15) is 4.83 Å². The average Bonchev–Trinajstić information content (AvgIpc) is 2.43. The second kappa shape index (κ2) is 3.47. The normalized spacial score (nSPS) is 11.2. The third-order valence-corrected chi connectivity index (χ3v) is 3.92. The van der Waals surface area contributed by atoms with Crippen LogP contribution in [-0.2, 0) is 6.61 Å². The van der Waals surface area contributed by atoms with Gasteiger partial charge in [0.15, 0.2) is 5.43 Å². The molecule has 0 atom stereocenters. The van der Waals surface area contributed by atoms with Crippen LogP contribution >= 0.6 is 11.3 Å². The van der Waals surface area contributed by atoms with Crippen LogP contribution in [-0.4, -0.2) is 10.1 Å². The smallest absolute Gasteiger partial charge is 0.196 e. The third-order valence-electron chi connectivity index (χ3n) is 2.80. The van der Waals surface area contributed by atoms with Gasteiger partial charge in [0.05, 0.1) is 12.0 Å². The maximum atomic E-state index is 12.0. The molecule has 0 radical (unpaired) electrons. The summed E-state index contributed by atoms with van der Waals surface area (Å²) in [7, 11) is 0. The largest absolute Gasteiger partial charge is 0.391 e. The molecule has 15 heavy (non-hydrogen) atoms. The number of rotatable bonds is 1. The lowest BCUT2D eigenvalue weighted by molar-refractivity contribution is 0.279. The molecule has 0 aliphatic carbocycles. The number of fused-ring (bicyclic) bond motifs is 1. The van der Waals surface area contributed by atoms with Crippen molar-refractivity contribution >= 4 is 21.6 Å². The Kier molecular flexibility index (Phi) is 2.40. The number of hydrogen-bond acceptors (Lipinski definition) is 3. The van der Waals surface area contributed by atoms with E-state index in [9.17, 15) is 4.79 Å². The van der Waals surface area contributed by atoms with Gasteiger partial charge in [-0.15, -0.1) is 11.3 Å². The summed E-state index contributed by atoms with van der Waals surface area (Å²) in [4.78, 5) is 17.3. The predicted octanol–water partition coefficient (Wildman–Crippen LogP) is 2.01. The number of aryl methyl sites for hydroxylation is 3. The average molecular weight is 223 g/mol. The molecule has 80 valence electrons. The molecule has 0 fully saturated rings. The number of aliphatic hydroxyl groups excluding tert-OH is 1. The molecule has 2 aromatic heterocycles. The van der Waals surface area contributed by atoms with Crippen LogP contribution in [0.4, 0.5) is 0 Å². The summed E-state index contributed by atoms with van der Waals surface area (Å²) in [5.41, 5.74) is 2.22. The van der Waals surface area contributed by atoms with Crippen LogP contribution in [0.3, 0.4) is 0 Å². The lowest BCUT2D eigenvalue weighted by Gasteiger charge is -2.02. The van der Waals surface area contributed by atoms with Crippen LogP contribution < -0.4 is 5.43 Å². The summed E-state index contributed by atoms with van der Waals surface area (Å²) < 4.78 is 0. The fraction of sp³-hybridized carbons (Fsp3) is 0.364.